The third-order valence-corrected chi connectivity index (χ3v) is 11.6. The van der Waals surface area contributed by atoms with Crippen molar-refractivity contribution >= 4 is 55.1 Å². The Kier molecular flexibility index (Phi) is 7.75. The van der Waals surface area contributed by atoms with Gasteiger partial charge in [0.25, 0.3) is 0 Å². The molecule has 1 N–H and O–H groups in total. The van der Waals surface area contributed by atoms with Gasteiger partial charge in [-0.3, -0.25) is 4.57 Å². The maximum absolute atomic E-state index is 5.04. The standard InChI is InChI=1S/C53H38N4/c1-35-30-39(36-12-4-2-5-13-36)24-27-44(35)38-22-20-37(21-23-38)42-33-54-53(55-34-42)57-50-19-11-9-17-46(50)48-32-41(26-29-52(48)57)40-25-28-51-47(31-40)45-16-8-10-18-49(45)56(51)43-14-6-3-7-15-43/h2-33H,34H2,1H3,(H,54,55). The highest BCUT2D eigenvalue weighted by Crippen LogP contribution is 2.38. The number of nitrogens with one attached hydrogen (secondary N) is 1. The number of hydrogen-bond acceptors (Lipinski definition) is 2. The van der Waals surface area contributed by atoms with E-state index in [1.54, 1.807) is 0 Å². The first-order chi connectivity index (χ1) is 28.2. The zero-order valence-corrected chi connectivity index (χ0v) is 31.5. The van der Waals surface area contributed by atoms with Gasteiger partial charge in [0.2, 0.25) is 5.96 Å². The molecule has 57 heavy (non-hydrogen) atoms. The monoisotopic (exact) mass is 730 g/mol. The highest BCUT2D eigenvalue weighted by Gasteiger charge is 2.19. The Morgan fingerprint density at radius 2 is 0.930 bits per heavy atom. The van der Waals surface area contributed by atoms with Crippen molar-refractivity contribution in [3.05, 3.63) is 205 Å². The molecule has 4 nitrogen and oxygen atoms in total. The van der Waals surface area contributed by atoms with Gasteiger partial charge in [-0.25, -0.2) is 4.99 Å². The highest BCUT2D eigenvalue weighted by atomic mass is 15.2. The van der Waals surface area contributed by atoms with E-state index in [0.717, 1.165) is 22.6 Å². The zero-order valence-electron chi connectivity index (χ0n) is 31.5. The molecule has 0 atom stereocenters. The minimum absolute atomic E-state index is 0.686. The summed E-state index contributed by atoms with van der Waals surface area (Å²) >= 11 is 0. The van der Waals surface area contributed by atoms with Crippen LogP contribution in [0.4, 0.5) is 0 Å². The summed E-state index contributed by atoms with van der Waals surface area (Å²) in [5.41, 5.74) is 16.8. The van der Waals surface area contributed by atoms with Crippen LogP contribution in [-0.4, -0.2) is 21.6 Å². The lowest BCUT2D eigenvalue weighted by molar-refractivity contribution is 0.967. The number of hydrogen-bond donors (Lipinski definition) is 1. The van der Waals surface area contributed by atoms with Crippen molar-refractivity contribution < 1.29 is 0 Å². The second-order valence-corrected chi connectivity index (χ2v) is 14.9. The van der Waals surface area contributed by atoms with Crippen LogP contribution in [-0.2, 0) is 0 Å². The van der Waals surface area contributed by atoms with Gasteiger partial charge in [-0.2, -0.15) is 0 Å². The molecule has 10 aromatic rings. The molecule has 1 aliphatic heterocycles. The van der Waals surface area contributed by atoms with E-state index in [4.69, 9.17) is 4.99 Å². The summed E-state index contributed by atoms with van der Waals surface area (Å²) in [6, 6.07) is 67.9. The number of aryl methyl sites for hydroxylation is 1. The summed E-state index contributed by atoms with van der Waals surface area (Å²) in [5, 5.41) is 8.59. The van der Waals surface area contributed by atoms with Crippen LogP contribution in [0.25, 0.3) is 88.3 Å². The Morgan fingerprint density at radius 1 is 0.421 bits per heavy atom. The molecule has 0 unspecified atom stereocenters. The summed E-state index contributed by atoms with van der Waals surface area (Å²) < 4.78 is 4.63. The van der Waals surface area contributed by atoms with E-state index in [9.17, 15) is 0 Å². The molecule has 0 aliphatic carbocycles. The number of aliphatic imine (C=N–C) groups is 1. The average molecular weight is 731 g/mol. The maximum Gasteiger partial charge on any atom is 0.208 e. The molecule has 0 spiro atoms. The summed E-state index contributed by atoms with van der Waals surface area (Å²) in [5.74, 6) is 0.832. The number of aromatic nitrogens is 2. The number of rotatable bonds is 5. The van der Waals surface area contributed by atoms with Crippen molar-refractivity contribution in [2.75, 3.05) is 6.54 Å². The zero-order chi connectivity index (χ0) is 37.9. The highest BCUT2D eigenvalue weighted by molar-refractivity contribution is 6.16. The van der Waals surface area contributed by atoms with Crippen LogP contribution < -0.4 is 5.32 Å². The van der Waals surface area contributed by atoms with Crippen molar-refractivity contribution in [2.45, 2.75) is 6.92 Å². The first kappa shape index (κ1) is 33.0. The van der Waals surface area contributed by atoms with Gasteiger partial charge in [-0.1, -0.05) is 140 Å². The lowest BCUT2D eigenvalue weighted by Gasteiger charge is -2.19. The topological polar surface area (TPSA) is 34.2 Å². The Labute approximate surface area is 331 Å². The molecule has 3 heterocycles. The molecule has 0 fully saturated rings. The number of nitrogens with zero attached hydrogens (tertiary/aromatic N) is 3. The van der Waals surface area contributed by atoms with Gasteiger partial charge in [0, 0.05) is 40.0 Å². The summed E-state index contributed by atoms with van der Waals surface area (Å²) in [4.78, 5) is 5.04. The first-order valence-electron chi connectivity index (χ1n) is 19.6. The predicted octanol–water partition coefficient (Wildman–Crippen LogP) is 13.0. The lowest BCUT2D eigenvalue weighted by atomic mass is 9.94. The molecule has 2 aromatic heterocycles. The Balaban J connectivity index is 0.924. The molecular weight excluding hydrogens is 693 g/mol. The summed E-state index contributed by atoms with van der Waals surface area (Å²) in [6.45, 7) is 2.88. The van der Waals surface area contributed by atoms with Gasteiger partial charge in [-0.05, 0) is 106 Å². The van der Waals surface area contributed by atoms with E-state index in [1.807, 2.05) is 6.20 Å². The van der Waals surface area contributed by atoms with Gasteiger partial charge in [0.1, 0.15) is 0 Å². The second-order valence-electron chi connectivity index (χ2n) is 14.9. The first-order valence-corrected chi connectivity index (χ1v) is 19.6. The lowest BCUT2D eigenvalue weighted by Crippen LogP contribution is -2.33. The van der Waals surface area contributed by atoms with Crippen molar-refractivity contribution in [3.63, 3.8) is 0 Å². The Bertz CT molecular complexity index is 3220. The molecule has 0 saturated heterocycles. The van der Waals surface area contributed by atoms with Gasteiger partial charge in [-0.15, -0.1) is 0 Å². The Morgan fingerprint density at radius 3 is 1.56 bits per heavy atom. The van der Waals surface area contributed by atoms with Gasteiger partial charge < -0.3 is 9.88 Å². The SMILES string of the molecule is Cc1cc(-c2ccccc2)ccc1-c1ccc(C2=CN=C(n3c4ccccc4c4cc(-c5ccc6c(c5)c5ccccc5n6-c5ccccc5)ccc43)NC2)cc1. The Hall–Kier alpha value is -7.43. The number of fused-ring (bicyclic) bond motifs is 6. The van der Waals surface area contributed by atoms with Crippen molar-refractivity contribution in [1.29, 1.82) is 0 Å². The van der Waals surface area contributed by atoms with E-state index < -0.39 is 0 Å². The maximum atomic E-state index is 5.04. The molecule has 8 aromatic carbocycles. The van der Waals surface area contributed by atoms with Crippen molar-refractivity contribution in [3.8, 4) is 39.1 Å². The smallest absolute Gasteiger partial charge is 0.208 e. The van der Waals surface area contributed by atoms with Crippen molar-refractivity contribution in [2.24, 2.45) is 4.99 Å². The summed E-state index contributed by atoms with van der Waals surface area (Å²) in [7, 11) is 0. The van der Waals surface area contributed by atoms with Crippen molar-refractivity contribution in [1.82, 2.24) is 14.5 Å². The third-order valence-electron chi connectivity index (χ3n) is 11.6. The van der Waals surface area contributed by atoms with Crippen LogP contribution in [0, 0.1) is 6.92 Å². The fourth-order valence-corrected chi connectivity index (χ4v) is 8.77. The fourth-order valence-electron chi connectivity index (χ4n) is 8.77. The van der Waals surface area contributed by atoms with E-state index in [0.29, 0.717) is 6.54 Å². The van der Waals surface area contributed by atoms with Crippen LogP contribution in [0.15, 0.2) is 199 Å². The van der Waals surface area contributed by atoms with Crippen LogP contribution in [0.5, 0.6) is 0 Å². The van der Waals surface area contributed by atoms with E-state index in [2.05, 4.69) is 209 Å². The molecular formula is C53H38N4. The molecule has 0 radical (unpaired) electrons. The van der Waals surface area contributed by atoms with Gasteiger partial charge in [0.15, 0.2) is 0 Å². The van der Waals surface area contributed by atoms with Gasteiger partial charge in [0.05, 0.1) is 22.1 Å². The van der Waals surface area contributed by atoms with Crippen LogP contribution >= 0.6 is 0 Å². The molecule has 1 aliphatic rings. The third kappa shape index (κ3) is 5.57. The average Bonchev–Trinajstić information content (AvgIpc) is 3.79. The minimum Gasteiger partial charge on any atom is -0.351 e. The molecule has 4 heteroatoms. The largest absolute Gasteiger partial charge is 0.351 e. The summed E-state index contributed by atoms with van der Waals surface area (Å²) in [6.07, 6.45) is 2.02. The number of para-hydroxylation sites is 3. The van der Waals surface area contributed by atoms with E-state index in [-0.39, 0.29) is 0 Å². The van der Waals surface area contributed by atoms with E-state index in [1.165, 1.54) is 82.8 Å². The predicted molar refractivity (Wildman–Crippen MR) is 240 cm³/mol. The van der Waals surface area contributed by atoms with Crippen LogP contribution in [0.1, 0.15) is 11.1 Å². The second kappa shape index (κ2) is 13.4. The molecule has 0 amide bonds. The van der Waals surface area contributed by atoms with Crippen LogP contribution in [0.3, 0.4) is 0 Å². The van der Waals surface area contributed by atoms with Crippen LogP contribution in [0.2, 0.25) is 0 Å². The quantitative estimate of drug-likeness (QED) is 0.188. The fraction of sp³-hybridized carbons (Fsp3) is 0.0377. The number of benzene rings is 8. The van der Waals surface area contributed by atoms with Gasteiger partial charge >= 0.3 is 0 Å². The normalized spacial score (nSPS) is 12.9. The minimum atomic E-state index is 0.686. The molecule has 0 saturated carbocycles. The molecule has 0 bridgehead atoms. The van der Waals surface area contributed by atoms with E-state index >= 15 is 0 Å². The molecule has 270 valence electrons. The molecule has 11 rings (SSSR count).